The number of hydrogen-bond donors (Lipinski definition) is 1. The van der Waals surface area contributed by atoms with E-state index in [-0.39, 0.29) is 4.90 Å². The van der Waals surface area contributed by atoms with Gasteiger partial charge in [-0.15, -0.1) is 11.8 Å². The van der Waals surface area contributed by atoms with Crippen molar-refractivity contribution in [2.75, 3.05) is 5.32 Å². The molecule has 0 fully saturated rings. The first-order chi connectivity index (χ1) is 13.3. The van der Waals surface area contributed by atoms with Gasteiger partial charge >= 0.3 is 12.4 Å². The number of nitro benzene ring substituents is 1. The van der Waals surface area contributed by atoms with E-state index in [9.17, 15) is 41.3 Å². The molecule has 2 rings (SSSR count). The molecule has 0 radical (unpaired) electrons. The molecule has 0 saturated heterocycles. The number of halogens is 6. The minimum absolute atomic E-state index is 0.0993. The van der Waals surface area contributed by atoms with Gasteiger partial charge in [0.1, 0.15) is 0 Å². The molecule has 0 saturated carbocycles. The minimum atomic E-state index is -4.97. The van der Waals surface area contributed by atoms with Gasteiger partial charge in [0, 0.05) is 17.0 Å². The normalized spacial score (nSPS) is 13.1. The molecular formula is C17H12F6N2O3S. The Hall–Kier alpha value is -2.76. The van der Waals surface area contributed by atoms with E-state index in [1.54, 1.807) is 0 Å². The zero-order valence-electron chi connectivity index (χ0n) is 14.5. The second kappa shape index (κ2) is 8.31. The number of non-ortho nitro benzene ring substituents is 1. The third kappa shape index (κ3) is 5.86. The average molecular weight is 438 g/mol. The van der Waals surface area contributed by atoms with Crippen LogP contribution in [-0.4, -0.2) is 16.1 Å². The van der Waals surface area contributed by atoms with Crippen molar-refractivity contribution in [1.29, 1.82) is 0 Å². The molecule has 0 aliphatic rings. The van der Waals surface area contributed by atoms with E-state index >= 15 is 0 Å². The van der Waals surface area contributed by atoms with Gasteiger partial charge in [-0.05, 0) is 31.2 Å². The van der Waals surface area contributed by atoms with E-state index in [0.29, 0.717) is 6.07 Å². The topological polar surface area (TPSA) is 72.2 Å². The summed E-state index contributed by atoms with van der Waals surface area (Å²) in [5, 5.41) is 11.7. The van der Waals surface area contributed by atoms with Crippen molar-refractivity contribution in [3.05, 3.63) is 63.7 Å². The number of thioether (sulfide) groups is 1. The third-order valence-corrected chi connectivity index (χ3v) is 4.71. The van der Waals surface area contributed by atoms with Crippen LogP contribution < -0.4 is 5.32 Å². The summed E-state index contributed by atoms with van der Waals surface area (Å²) < 4.78 is 77.7. The standard InChI is InChI=1S/C17H12F6N2O3S/c1-9(29-12-4-2-3-10(7-12)16(18,19)20)15(26)24-14-6-5-11(25(27)28)8-13(14)17(21,22)23/h2-9H,1H3,(H,24,26)/t9-/m0/s1. The fourth-order valence-electron chi connectivity index (χ4n) is 2.23. The Morgan fingerprint density at radius 1 is 1.07 bits per heavy atom. The van der Waals surface area contributed by atoms with E-state index in [1.165, 1.54) is 13.0 Å². The Kier molecular flexibility index (Phi) is 6.46. The van der Waals surface area contributed by atoms with Gasteiger partial charge in [-0.1, -0.05) is 6.07 Å². The molecule has 0 aromatic heterocycles. The zero-order valence-corrected chi connectivity index (χ0v) is 15.3. The molecule has 1 atom stereocenters. The number of nitrogens with one attached hydrogen (secondary N) is 1. The van der Waals surface area contributed by atoms with Crippen molar-refractivity contribution in [2.24, 2.45) is 0 Å². The molecule has 5 nitrogen and oxygen atoms in total. The van der Waals surface area contributed by atoms with Crippen LogP contribution in [0, 0.1) is 10.1 Å². The Morgan fingerprint density at radius 2 is 1.72 bits per heavy atom. The largest absolute Gasteiger partial charge is 0.418 e. The van der Waals surface area contributed by atoms with Crippen molar-refractivity contribution < 1.29 is 36.1 Å². The third-order valence-electron chi connectivity index (χ3n) is 3.62. The Balaban J connectivity index is 2.21. The van der Waals surface area contributed by atoms with Crippen molar-refractivity contribution in [1.82, 2.24) is 0 Å². The highest BCUT2D eigenvalue weighted by Crippen LogP contribution is 2.38. The van der Waals surface area contributed by atoms with Gasteiger partial charge in [-0.3, -0.25) is 14.9 Å². The molecule has 1 amide bonds. The summed E-state index contributed by atoms with van der Waals surface area (Å²) in [6.45, 7) is 1.30. The van der Waals surface area contributed by atoms with Gasteiger partial charge in [-0.2, -0.15) is 26.3 Å². The highest BCUT2D eigenvalue weighted by Gasteiger charge is 2.36. The molecule has 0 unspecified atom stereocenters. The van der Waals surface area contributed by atoms with Crippen LogP contribution in [0.5, 0.6) is 0 Å². The van der Waals surface area contributed by atoms with Crippen LogP contribution in [0.2, 0.25) is 0 Å². The van der Waals surface area contributed by atoms with E-state index in [2.05, 4.69) is 0 Å². The van der Waals surface area contributed by atoms with Crippen molar-refractivity contribution in [2.45, 2.75) is 29.4 Å². The summed E-state index contributed by atoms with van der Waals surface area (Å²) in [5.41, 5.74) is -3.83. The molecule has 0 spiro atoms. The van der Waals surface area contributed by atoms with Crippen LogP contribution >= 0.6 is 11.8 Å². The molecule has 0 aliphatic heterocycles. The van der Waals surface area contributed by atoms with E-state index < -0.39 is 50.9 Å². The van der Waals surface area contributed by atoms with E-state index in [0.717, 1.165) is 42.1 Å². The first-order valence-electron chi connectivity index (χ1n) is 7.79. The first kappa shape index (κ1) is 22.5. The number of benzene rings is 2. The predicted molar refractivity (Wildman–Crippen MR) is 93.5 cm³/mol. The fourth-order valence-corrected chi connectivity index (χ4v) is 3.15. The lowest BCUT2D eigenvalue weighted by Gasteiger charge is -2.16. The van der Waals surface area contributed by atoms with Crippen LogP contribution in [-0.2, 0) is 17.1 Å². The monoisotopic (exact) mass is 438 g/mol. The Bertz CT molecular complexity index is 930. The number of nitrogens with zero attached hydrogens (tertiary/aromatic N) is 1. The SMILES string of the molecule is C[C@H](Sc1cccc(C(F)(F)F)c1)C(=O)Nc1ccc([N+](=O)[O-])cc1C(F)(F)F. The van der Waals surface area contributed by atoms with Crippen LogP contribution in [0.15, 0.2) is 47.4 Å². The lowest BCUT2D eigenvalue weighted by atomic mass is 10.1. The summed E-state index contributed by atoms with van der Waals surface area (Å²) in [6, 6.07) is 5.99. The summed E-state index contributed by atoms with van der Waals surface area (Å²) in [6.07, 6.45) is -9.55. The Morgan fingerprint density at radius 3 is 2.28 bits per heavy atom. The second-order valence-corrected chi connectivity index (χ2v) is 7.17. The number of rotatable bonds is 5. The molecule has 0 bridgehead atoms. The van der Waals surface area contributed by atoms with Gasteiger partial charge in [-0.25, -0.2) is 0 Å². The number of carbonyl (C=O) groups excluding carboxylic acids is 1. The molecule has 29 heavy (non-hydrogen) atoms. The number of nitro groups is 1. The molecule has 2 aromatic rings. The highest BCUT2D eigenvalue weighted by atomic mass is 32.2. The van der Waals surface area contributed by atoms with E-state index in [1.807, 2.05) is 5.32 Å². The maximum Gasteiger partial charge on any atom is 0.418 e. The lowest BCUT2D eigenvalue weighted by molar-refractivity contribution is -0.385. The van der Waals surface area contributed by atoms with Crippen LogP contribution in [0.4, 0.5) is 37.7 Å². The van der Waals surface area contributed by atoms with Crippen molar-refractivity contribution in [3.8, 4) is 0 Å². The van der Waals surface area contributed by atoms with Crippen LogP contribution in [0.1, 0.15) is 18.1 Å². The zero-order chi connectivity index (χ0) is 22.0. The summed E-state index contributed by atoms with van der Waals surface area (Å²) in [5.74, 6) is -0.910. The van der Waals surface area contributed by atoms with Crippen LogP contribution in [0.25, 0.3) is 0 Å². The van der Waals surface area contributed by atoms with Gasteiger partial charge in [0.2, 0.25) is 5.91 Å². The van der Waals surface area contributed by atoms with Gasteiger partial charge in [0.05, 0.1) is 27.0 Å². The lowest BCUT2D eigenvalue weighted by Crippen LogP contribution is -2.24. The second-order valence-electron chi connectivity index (χ2n) is 5.76. The average Bonchev–Trinajstić information content (AvgIpc) is 2.60. The molecule has 1 N–H and O–H groups in total. The molecular weight excluding hydrogens is 426 g/mol. The molecule has 2 aromatic carbocycles. The number of amides is 1. The maximum absolute atomic E-state index is 13.2. The smallest absolute Gasteiger partial charge is 0.325 e. The number of hydrogen-bond acceptors (Lipinski definition) is 4. The molecule has 12 heteroatoms. The predicted octanol–water partition coefficient (Wildman–Crippen LogP) is 5.75. The van der Waals surface area contributed by atoms with Crippen molar-refractivity contribution in [3.63, 3.8) is 0 Å². The summed E-state index contributed by atoms with van der Waals surface area (Å²) in [4.78, 5) is 22.0. The molecule has 156 valence electrons. The fraction of sp³-hybridized carbons (Fsp3) is 0.235. The quantitative estimate of drug-likeness (QED) is 0.279. The van der Waals surface area contributed by atoms with E-state index in [4.69, 9.17) is 0 Å². The molecule has 0 aliphatic carbocycles. The number of carbonyl (C=O) groups is 1. The van der Waals surface area contributed by atoms with Crippen molar-refractivity contribution >= 4 is 29.0 Å². The number of anilines is 1. The number of alkyl halides is 6. The van der Waals surface area contributed by atoms with Gasteiger partial charge < -0.3 is 5.32 Å². The molecule has 0 heterocycles. The summed E-state index contributed by atoms with van der Waals surface area (Å²) in [7, 11) is 0. The Labute approximate surface area is 164 Å². The first-order valence-corrected chi connectivity index (χ1v) is 8.67. The van der Waals surface area contributed by atoms with Crippen LogP contribution in [0.3, 0.4) is 0 Å². The van der Waals surface area contributed by atoms with Gasteiger partial charge in [0.25, 0.3) is 5.69 Å². The minimum Gasteiger partial charge on any atom is -0.325 e. The maximum atomic E-state index is 13.2. The highest BCUT2D eigenvalue weighted by molar-refractivity contribution is 8.00. The summed E-state index contributed by atoms with van der Waals surface area (Å²) >= 11 is 0.721. The van der Waals surface area contributed by atoms with Gasteiger partial charge in [0.15, 0.2) is 0 Å².